The fourth-order valence-corrected chi connectivity index (χ4v) is 1.86. The summed E-state index contributed by atoms with van der Waals surface area (Å²) in [5.74, 6) is -0.510. The van der Waals surface area contributed by atoms with E-state index < -0.39 is 5.91 Å². The van der Waals surface area contributed by atoms with Crippen LogP contribution in [0.4, 0.5) is 5.69 Å². The van der Waals surface area contributed by atoms with Crippen molar-refractivity contribution in [1.82, 2.24) is 15.0 Å². The third-order valence-corrected chi connectivity index (χ3v) is 3.31. The first-order valence-corrected chi connectivity index (χ1v) is 6.28. The summed E-state index contributed by atoms with van der Waals surface area (Å²) >= 11 is 23.0. The lowest BCUT2D eigenvalue weighted by Crippen LogP contribution is -2.13. The topological polar surface area (TPSA) is 67.8 Å². The number of halogens is 4. The Bertz CT molecular complexity index is 629. The molecule has 2 aromatic heterocycles. The number of hydrogen-bond donors (Lipinski definition) is 1. The van der Waals surface area contributed by atoms with Gasteiger partial charge in [-0.1, -0.05) is 46.4 Å². The van der Waals surface area contributed by atoms with Crippen molar-refractivity contribution in [2.24, 2.45) is 0 Å². The standard InChI is InChI=1S/C10H4Cl4N4O/c11-5-1-4(2-15-7(5)12)10(19)18-6-8(13)16-3-17-9(6)14/h1-3H,(H,18,19). The number of pyridine rings is 1. The third kappa shape index (κ3) is 3.25. The highest BCUT2D eigenvalue weighted by molar-refractivity contribution is 6.41. The molecule has 0 bridgehead atoms. The van der Waals surface area contributed by atoms with Crippen LogP contribution >= 0.6 is 46.4 Å². The van der Waals surface area contributed by atoms with E-state index in [0.29, 0.717) is 0 Å². The molecule has 0 aromatic carbocycles. The third-order valence-electron chi connectivity index (χ3n) is 2.05. The summed E-state index contributed by atoms with van der Waals surface area (Å²) in [5, 5.41) is 2.80. The molecular weight excluding hydrogens is 334 g/mol. The van der Waals surface area contributed by atoms with Gasteiger partial charge in [-0.15, -0.1) is 0 Å². The minimum absolute atomic E-state index is 0.0290. The summed E-state index contributed by atoms with van der Waals surface area (Å²) in [7, 11) is 0. The van der Waals surface area contributed by atoms with E-state index in [0.717, 1.165) is 0 Å². The normalized spacial score (nSPS) is 10.3. The summed E-state index contributed by atoms with van der Waals surface area (Å²) < 4.78 is 0. The summed E-state index contributed by atoms with van der Waals surface area (Å²) in [4.78, 5) is 23.1. The van der Waals surface area contributed by atoms with Crippen LogP contribution in [0.5, 0.6) is 0 Å². The van der Waals surface area contributed by atoms with Gasteiger partial charge < -0.3 is 5.32 Å². The van der Waals surface area contributed by atoms with E-state index in [9.17, 15) is 4.79 Å². The Labute approximate surface area is 127 Å². The molecule has 9 heteroatoms. The minimum atomic E-state index is -0.510. The van der Waals surface area contributed by atoms with Crippen LogP contribution in [-0.2, 0) is 0 Å². The number of anilines is 1. The molecule has 0 atom stereocenters. The van der Waals surface area contributed by atoms with Crippen LogP contribution in [-0.4, -0.2) is 20.9 Å². The average Bonchev–Trinajstić information content (AvgIpc) is 2.37. The van der Waals surface area contributed by atoms with E-state index in [4.69, 9.17) is 46.4 Å². The number of rotatable bonds is 2. The van der Waals surface area contributed by atoms with E-state index in [1.165, 1.54) is 18.6 Å². The highest BCUT2D eigenvalue weighted by Crippen LogP contribution is 2.27. The molecule has 0 aliphatic carbocycles. The number of carbonyl (C=O) groups is 1. The summed E-state index contributed by atoms with van der Waals surface area (Å²) in [6.45, 7) is 0. The quantitative estimate of drug-likeness (QED) is 0.669. The molecule has 0 saturated heterocycles. The van der Waals surface area contributed by atoms with Gasteiger partial charge in [0.2, 0.25) is 0 Å². The maximum absolute atomic E-state index is 12.0. The van der Waals surface area contributed by atoms with Crippen LogP contribution in [0.1, 0.15) is 10.4 Å². The van der Waals surface area contributed by atoms with Gasteiger partial charge in [-0.05, 0) is 6.07 Å². The summed E-state index contributed by atoms with van der Waals surface area (Å²) in [5.41, 5.74) is 0.312. The molecule has 0 fully saturated rings. The predicted octanol–water partition coefficient (Wildman–Crippen LogP) is 3.74. The number of hydrogen-bond acceptors (Lipinski definition) is 4. The van der Waals surface area contributed by atoms with Crippen molar-refractivity contribution < 1.29 is 4.79 Å². The molecule has 5 nitrogen and oxygen atoms in total. The zero-order valence-corrected chi connectivity index (χ0v) is 12.0. The Balaban J connectivity index is 2.28. The molecule has 0 aliphatic heterocycles. The number of nitrogens with zero attached hydrogens (tertiary/aromatic N) is 3. The van der Waals surface area contributed by atoms with Crippen molar-refractivity contribution in [3.05, 3.63) is 44.6 Å². The Hall–Kier alpha value is -1.14. The Morgan fingerprint density at radius 3 is 2.21 bits per heavy atom. The van der Waals surface area contributed by atoms with E-state index in [1.807, 2.05) is 0 Å². The Morgan fingerprint density at radius 2 is 1.63 bits per heavy atom. The van der Waals surface area contributed by atoms with E-state index in [2.05, 4.69) is 20.3 Å². The second kappa shape index (κ2) is 5.88. The fraction of sp³-hybridized carbons (Fsp3) is 0. The molecule has 2 rings (SSSR count). The van der Waals surface area contributed by atoms with Gasteiger partial charge in [-0.2, -0.15) is 0 Å². The van der Waals surface area contributed by atoms with Crippen molar-refractivity contribution in [3.8, 4) is 0 Å². The van der Waals surface area contributed by atoms with E-state index in [-0.39, 0.29) is 31.7 Å². The van der Waals surface area contributed by atoms with Crippen LogP contribution in [0.15, 0.2) is 18.6 Å². The van der Waals surface area contributed by atoms with Gasteiger partial charge in [-0.25, -0.2) is 15.0 Å². The molecule has 0 radical (unpaired) electrons. The van der Waals surface area contributed by atoms with Crippen LogP contribution in [0.25, 0.3) is 0 Å². The fourth-order valence-electron chi connectivity index (χ4n) is 1.18. The number of amides is 1. The molecule has 2 aromatic rings. The predicted molar refractivity (Wildman–Crippen MR) is 74.3 cm³/mol. The molecule has 1 N–H and O–H groups in total. The van der Waals surface area contributed by atoms with E-state index >= 15 is 0 Å². The molecule has 19 heavy (non-hydrogen) atoms. The van der Waals surface area contributed by atoms with Gasteiger partial charge in [0.1, 0.15) is 17.2 Å². The second-order valence-corrected chi connectivity index (χ2v) is 4.76. The molecule has 0 aliphatic rings. The lowest BCUT2D eigenvalue weighted by atomic mass is 10.2. The molecule has 98 valence electrons. The van der Waals surface area contributed by atoms with Crippen LogP contribution in [0, 0.1) is 0 Å². The first-order chi connectivity index (χ1) is 8.99. The highest BCUT2D eigenvalue weighted by Gasteiger charge is 2.14. The highest BCUT2D eigenvalue weighted by atomic mass is 35.5. The summed E-state index contributed by atoms with van der Waals surface area (Å²) in [6.07, 6.45) is 2.45. The second-order valence-electron chi connectivity index (χ2n) is 3.28. The number of carbonyl (C=O) groups excluding carboxylic acids is 1. The van der Waals surface area contributed by atoms with E-state index in [1.54, 1.807) is 0 Å². The SMILES string of the molecule is O=C(Nc1c(Cl)ncnc1Cl)c1cnc(Cl)c(Cl)c1. The largest absolute Gasteiger partial charge is 0.317 e. The van der Waals surface area contributed by atoms with Gasteiger partial charge in [0.05, 0.1) is 10.6 Å². The molecule has 1 amide bonds. The van der Waals surface area contributed by atoms with Crippen molar-refractivity contribution >= 4 is 58.0 Å². The number of nitrogens with one attached hydrogen (secondary N) is 1. The minimum Gasteiger partial charge on any atom is -0.317 e. The molecule has 0 saturated carbocycles. The molecular formula is C10H4Cl4N4O. The van der Waals surface area contributed by atoms with Gasteiger partial charge in [-0.3, -0.25) is 4.79 Å². The smallest absolute Gasteiger partial charge is 0.257 e. The lowest BCUT2D eigenvalue weighted by Gasteiger charge is -2.07. The zero-order chi connectivity index (χ0) is 14.0. The average molecular weight is 338 g/mol. The van der Waals surface area contributed by atoms with Crippen molar-refractivity contribution in [1.29, 1.82) is 0 Å². The first kappa shape index (κ1) is 14.3. The number of aromatic nitrogens is 3. The van der Waals surface area contributed by atoms with Crippen LogP contribution in [0.2, 0.25) is 20.5 Å². The Morgan fingerprint density at radius 1 is 1.00 bits per heavy atom. The summed E-state index contributed by atoms with van der Waals surface area (Å²) in [6, 6.07) is 1.37. The van der Waals surface area contributed by atoms with Crippen LogP contribution in [0.3, 0.4) is 0 Å². The van der Waals surface area contributed by atoms with Crippen molar-refractivity contribution in [2.75, 3.05) is 5.32 Å². The molecule has 2 heterocycles. The zero-order valence-electron chi connectivity index (χ0n) is 8.99. The monoisotopic (exact) mass is 336 g/mol. The van der Waals surface area contributed by atoms with Crippen molar-refractivity contribution in [3.63, 3.8) is 0 Å². The van der Waals surface area contributed by atoms with Crippen LogP contribution < -0.4 is 5.32 Å². The molecule has 0 unspecified atom stereocenters. The Kier molecular flexibility index (Phi) is 4.42. The first-order valence-electron chi connectivity index (χ1n) is 4.77. The van der Waals surface area contributed by atoms with Gasteiger partial charge >= 0.3 is 0 Å². The van der Waals surface area contributed by atoms with Gasteiger partial charge in [0, 0.05) is 6.20 Å². The molecule has 0 spiro atoms. The maximum Gasteiger partial charge on any atom is 0.257 e. The van der Waals surface area contributed by atoms with Crippen molar-refractivity contribution in [2.45, 2.75) is 0 Å². The van der Waals surface area contributed by atoms with Gasteiger partial charge in [0.25, 0.3) is 5.91 Å². The van der Waals surface area contributed by atoms with Gasteiger partial charge in [0.15, 0.2) is 10.3 Å². The lowest BCUT2D eigenvalue weighted by molar-refractivity contribution is 0.102. The maximum atomic E-state index is 12.0.